The summed E-state index contributed by atoms with van der Waals surface area (Å²) in [4.78, 5) is 14.8. The van der Waals surface area contributed by atoms with Crippen LogP contribution in [0.2, 0.25) is 0 Å². The van der Waals surface area contributed by atoms with Gasteiger partial charge in [0.1, 0.15) is 0 Å². The van der Waals surface area contributed by atoms with Crippen LogP contribution in [0.15, 0.2) is 18.2 Å². The van der Waals surface area contributed by atoms with Crippen LogP contribution < -0.4 is 5.32 Å². The predicted octanol–water partition coefficient (Wildman–Crippen LogP) is 2.47. The minimum Gasteiger partial charge on any atom is -0.378 e. The number of ether oxygens (including phenoxy) is 1. The summed E-state index contributed by atoms with van der Waals surface area (Å²) in [6, 6.07) is 4.43. The minimum absolute atomic E-state index is 0.00731. The number of likely N-dealkylation sites (tertiary alicyclic amines) is 1. The van der Waals surface area contributed by atoms with Crippen LogP contribution >= 0.6 is 0 Å². The lowest BCUT2D eigenvalue weighted by Gasteiger charge is -2.44. The van der Waals surface area contributed by atoms with E-state index in [9.17, 15) is 13.6 Å². The summed E-state index contributed by atoms with van der Waals surface area (Å²) < 4.78 is 32.4. The summed E-state index contributed by atoms with van der Waals surface area (Å²) in [5.41, 5.74) is 0.757. The van der Waals surface area contributed by atoms with E-state index in [4.69, 9.17) is 4.74 Å². The lowest BCUT2D eigenvalue weighted by Crippen LogP contribution is -2.53. The molecule has 2 aliphatic heterocycles. The van der Waals surface area contributed by atoms with Crippen LogP contribution in [0, 0.1) is 23.5 Å². The maximum atomic E-state index is 13.4. The van der Waals surface area contributed by atoms with Gasteiger partial charge in [-0.05, 0) is 43.4 Å². The fourth-order valence-corrected chi connectivity index (χ4v) is 4.09. The van der Waals surface area contributed by atoms with Gasteiger partial charge >= 0.3 is 0 Å². The van der Waals surface area contributed by atoms with E-state index in [1.54, 1.807) is 6.07 Å². The van der Waals surface area contributed by atoms with Gasteiger partial charge in [-0.3, -0.25) is 9.69 Å². The van der Waals surface area contributed by atoms with Crippen molar-refractivity contribution in [3.05, 3.63) is 35.4 Å². The summed E-state index contributed by atoms with van der Waals surface area (Å²) in [5, 5.41) is 3.13. The van der Waals surface area contributed by atoms with Crippen molar-refractivity contribution in [3.63, 3.8) is 0 Å². The van der Waals surface area contributed by atoms with Gasteiger partial charge < -0.3 is 10.1 Å². The van der Waals surface area contributed by atoms with E-state index in [2.05, 4.69) is 10.2 Å². The van der Waals surface area contributed by atoms with E-state index < -0.39 is 11.6 Å². The van der Waals surface area contributed by atoms with Crippen LogP contribution in [0.3, 0.4) is 0 Å². The fourth-order valence-electron chi connectivity index (χ4n) is 4.09. The molecule has 3 fully saturated rings. The number of hydrogen-bond donors (Lipinski definition) is 1. The number of piperidine rings is 1. The maximum absolute atomic E-state index is 13.4. The second kappa shape index (κ2) is 7.00. The first-order valence-corrected chi connectivity index (χ1v) is 9.18. The minimum atomic E-state index is -0.819. The number of fused-ring (bicyclic) bond motifs is 1. The molecule has 1 aliphatic carbocycles. The summed E-state index contributed by atoms with van der Waals surface area (Å²) in [7, 11) is 0. The Morgan fingerprint density at radius 3 is 2.80 bits per heavy atom. The molecule has 0 spiro atoms. The largest absolute Gasteiger partial charge is 0.378 e. The Labute approximate surface area is 146 Å². The van der Waals surface area contributed by atoms with Gasteiger partial charge in [0.25, 0.3) is 0 Å². The standard InChI is InChI=1S/C19H24F2N2O2/c20-16-4-1-12(9-17(16)21)10-23-7-5-18-15(11-23)14(6-8-25-18)19(24)22-13-2-3-13/h1,4,9,13-15,18H,2-3,5-8,10-11H2,(H,22,24)/t14-,15+,18-/m1/s1. The number of hydrogen-bond acceptors (Lipinski definition) is 3. The number of carbonyl (C=O) groups is 1. The van der Waals surface area contributed by atoms with Crippen molar-refractivity contribution in [3.8, 4) is 0 Å². The second-order valence-electron chi connectivity index (χ2n) is 7.52. The number of nitrogens with one attached hydrogen (secondary N) is 1. The molecule has 0 radical (unpaired) electrons. The zero-order valence-electron chi connectivity index (χ0n) is 14.2. The fraction of sp³-hybridized carbons (Fsp3) is 0.632. The number of amides is 1. The molecule has 3 aliphatic rings. The lowest BCUT2D eigenvalue weighted by atomic mass is 9.79. The van der Waals surface area contributed by atoms with Crippen LogP contribution in [-0.4, -0.2) is 42.6 Å². The molecule has 1 aromatic rings. The van der Waals surface area contributed by atoms with Gasteiger partial charge in [-0.15, -0.1) is 0 Å². The molecule has 3 atom stereocenters. The second-order valence-corrected chi connectivity index (χ2v) is 7.52. The molecule has 2 heterocycles. The van der Waals surface area contributed by atoms with E-state index in [1.165, 1.54) is 12.1 Å². The first kappa shape index (κ1) is 16.9. The number of benzene rings is 1. The highest BCUT2D eigenvalue weighted by Crippen LogP contribution is 2.34. The van der Waals surface area contributed by atoms with E-state index in [0.29, 0.717) is 19.2 Å². The first-order valence-electron chi connectivity index (χ1n) is 9.18. The maximum Gasteiger partial charge on any atom is 0.223 e. The third kappa shape index (κ3) is 3.85. The molecule has 0 unspecified atom stereocenters. The SMILES string of the molecule is O=C(NC1CC1)[C@@H]1CCO[C@@H]2CCN(Cc3ccc(F)c(F)c3)C[C@H]21. The van der Waals surface area contributed by atoms with Gasteiger partial charge in [0.2, 0.25) is 5.91 Å². The summed E-state index contributed by atoms with van der Waals surface area (Å²) in [6.07, 6.45) is 3.95. The number of rotatable bonds is 4. The highest BCUT2D eigenvalue weighted by Gasteiger charge is 2.42. The Morgan fingerprint density at radius 2 is 2.04 bits per heavy atom. The van der Waals surface area contributed by atoms with Gasteiger partial charge in [0.05, 0.1) is 6.10 Å². The zero-order valence-corrected chi connectivity index (χ0v) is 14.2. The Balaban J connectivity index is 1.42. The Bertz CT molecular complexity index is 650. The molecular weight excluding hydrogens is 326 g/mol. The smallest absolute Gasteiger partial charge is 0.223 e. The van der Waals surface area contributed by atoms with Gasteiger partial charge in [-0.1, -0.05) is 6.07 Å². The molecule has 4 rings (SSSR count). The molecule has 1 amide bonds. The van der Waals surface area contributed by atoms with Crippen LogP contribution in [-0.2, 0) is 16.1 Å². The van der Waals surface area contributed by atoms with Crippen LogP contribution in [0.4, 0.5) is 8.78 Å². The number of nitrogens with zero attached hydrogens (tertiary/aromatic N) is 1. The Kier molecular flexibility index (Phi) is 4.73. The third-order valence-electron chi connectivity index (χ3n) is 5.60. The van der Waals surface area contributed by atoms with Crippen molar-refractivity contribution in [1.82, 2.24) is 10.2 Å². The Morgan fingerprint density at radius 1 is 1.20 bits per heavy atom. The average molecular weight is 350 g/mol. The summed E-state index contributed by atoms with van der Waals surface area (Å²) in [5.74, 6) is -1.30. The molecule has 0 bridgehead atoms. The number of halogens is 2. The van der Waals surface area contributed by atoms with E-state index >= 15 is 0 Å². The van der Waals surface area contributed by atoms with Gasteiger partial charge in [-0.25, -0.2) is 8.78 Å². The molecule has 1 N–H and O–H groups in total. The zero-order chi connectivity index (χ0) is 17.4. The number of carbonyl (C=O) groups excluding carboxylic acids is 1. The molecular formula is C19H24F2N2O2. The van der Waals surface area contributed by atoms with Gasteiger partial charge in [0, 0.05) is 44.1 Å². The van der Waals surface area contributed by atoms with E-state index in [0.717, 1.165) is 44.3 Å². The van der Waals surface area contributed by atoms with Crippen molar-refractivity contribution in [2.75, 3.05) is 19.7 Å². The van der Waals surface area contributed by atoms with E-state index in [1.807, 2.05) is 0 Å². The highest BCUT2D eigenvalue weighted by molar-refractivity contribution is 5.79. The first-order chi connectivity index (χ1) is 12.1. The Hall–Kier alpha value is -1.53. The van der Waals surface area contributed by atoms with Crippen LogP contribution in [0.5, 0.6) is 0 Å². The van der Waals surface area contributed by atoms with Crippen molar-refractivity contribution in [2.45, 2.75) is 44.4 Å². The quantitative estimate of drug-likeness (QED) is 0.907. The van der Waals surface area contributed by atoms with Crippen LogP contribution in [0.25, 0.3) is 0 Å². The van der Waals surface area contributed by atoms with E-state index in [-0.39, 0.29) is 23.8 Å². The molecule has 1 saturated carbocycles. The summed E-state index contributed by atoms with van der Waals surface area (Å²) >= 11 is 0. The summed E-state index contributed by atoms with van der Waals surface area (Å²) in [6.45, 7) is 2.81. The van der Waals surface area contributed by atoms with Crippen molar-refractivity contribution >= 4 is 5.91 Å². The normalized spacial score (nSPS) is 29.9. The molecule has 136 valence electrons. The molecule has 2 saturated heterocycles. The lowest BCUT2D eigenvalue weighted by molar-refractivity contribution is -0.142. The van der Waals surface area contributed by atoms with Crippen molar-refractivity contribution in [1.29, 1.82) is 0 Å². The van der Waals surface area contributed by atoms with Gasteiger partial charge in [0.15, 0.2) is 11.6 Å². The predicted molar refractivity (Wildman–Crippen MR) is 88.8 cm³/mol. The molecule has 4 nitrogen and oxygen atoms in total. The topological polar surface area (TPSA) is 41.6 Å². The average Bonchev–Trinajstić information content (AvgIpc) is 3.41. The molecule has 1 aromatic carbocycles. The van der Waals surface area contributed by atoms with Crippen molar-refractivity contribution in [2.24, 2.45) is 11.8 Å². The molecule has 6 heteroatoms. The monoisotopic (exact) mass is 350 g/mol. The molecule has 25 heavy (non-hydrogen) atoms. The van der Waals surface area contributed by atoms with Crippen LogP contribution in [0.1, 0.15) is 31.2 Å². The molecule has 0 aromatic heterocycles. The van der Waals surface area contributed by atoms with Gasteiger partial charge in [-0.2, -0.15) is 0 Å². The highest BCUT2D eigenvalue weighted by atomic mass is 19.2. The van der Waals surface area contributed by atoms with Crippen molar-refractivity contribution < 1.29 is 18.3 Å². The third-order valence-corrected chi connectivity index (χ3v) is 5.60.